The lowest BCUT2D eigenvalue weighted by atomic mass is 10.1. The highest BCUT2D eigenvalue weighted by Crippen LogP contribution is 2.39. The van der Waals surface area contributed by atoms with Gasteiger partial charge in [-0.3, -0.25) is 4.55 Å². The Labute approximate surface area is 178 Å². The number of benzene rings is 4. The first kappa shape index (κ1) is 20.3. The van der Waals surface area contributed by atoms with Crippen LogP contribution in [0.2, 0.25) is 0 Å². The minimum Gasteiger partial charge on any atom is -0.506 e. The first-order valence-electron chi connectivity index (χ1n) is 9.12. The highest BCUT2D eigenvalue weighted by molar-refractivity contribution is 7.86. The number of fused-ring (bicyclic) bond motifs is 1. The fraction of sp³-hybridized carbons (Fsp3) is 0. The van der Waals surface area contributed by atoms with E-state index in [-0.39, 0.29) is 21.7 Å². The monoisotopic (exact) mass is 432 g/mol. The van der Waals surface area contributed by atoms with Gasteiger partial charge in [-0.05, 0) is 53.9 Å². The molecule has 0 heterocycles. The quantitative estimate of drug-likeness (QED) is 0.271. The lowest BCUT2D eigenvalue weighted by molar-refractivity contribution is 0.477. The highest BCUT2D eigenvalue weighted by Gasteiger charge is 2.18. The number of phenolic OH excluding ortho intramolecular Hbond substituents is 1. The summed E-state index contributed by atoms with van der Waals surface area (Å²) >= 11 is 0. The number of hydrogen-bond acceptors (Lipinski definition) is 7. The van der Waals surface area contributed by atoms with Crippen molar-refractivity contribution in [2.45, 2.75) is 4.90 Å². The van der Waals surface area contributed by atoms with Crippen LogP contribution in [0, 0.1) is 0 Å². The van der Waals surface area contributed by atoms with Gasteiger partial charge in [0.05, 0.1) is 17.1 Å². The summed E-state index contributed by atoms with van der Waals surface area (Å²) in [5.41, 5.74) is 1.75. The van der Waals surface area contributed by atoms with Crippen LogP contribution in [-0.4, -0.2) is 18.1 Å². The van der Waals surface area contributed by atoms with Crippen molar-refractivity contribution < 1.29 is 18.1 Å². The molecule has 4 aromatic rings. The second kappa shape index (κ2) is 8.42. The van der Waals surface area contributed by atoms with Gasteiger partial charge in [0.2, 0.25) is 0 Å². The van der Waals surface area contributed by atoms with Crippen LogP contribution in [-0.2, 0) is 10.1 Å². The summed E-state index contributed by atoms with van der Waals surface area (Å²) in [5, 5.41) is 27.2. The number of azo groups is 2. The lowest BCUT2D eigenvalue weighted by Crippen LogP contribution is -1.99. The Balaban J connectivity index is 1.66. The van der Waals surface area contributed by atoms with E-state index in [0.29, 0.717) is 16.8 Å². The Morgan fingerprint density at radius 1 is 0.613 bits per heavy atom. The van der Waals surface area contributed by atoms with Gasteiger partial charge >= 0.3 is 0 Å². The van der Waals surface area contributed by atoms with E-state index in [1.165, 1.54) is 24.3 Å². The zero-order valence-electron chi connectivity index (χ0n) is 16.0. The Morgan fingerprint density at radius 2 is 1.19 bits per heavy atom. The standard InChI is InChI=1S/C22H16N4O4S/c27-19-14-9-15-5-4-8-20(31(28,29)30)21(15)22(19)26-25-18-12-10-17(11-13-18)24-23-16-6-2-1-3-7-16/h1-14,27H,(H,28,29,30). The van der Waals surface area contributed by atoms with E-state index in [0.717, 1.165) is 5.69 Å². The smallest absolute Gasteiger partial charge is 0.295 e. The predicted octanol–water partition coefficient (Wildman–Crippen LogP) is 6.62. The van der Waals surface area contributed by atoms with Crippen molar-refractivity contribution in [2.24, 2.45) is 20.5 Å². The SMILES string of the molecule is O=S(=O)(O)c1cccc2ccc(O)c(N=Nc3ccc(N=Nc4ccccc4)cc3)c12. The zero-order chi connectivity index (χ0) is 21.8. The van der Waals surface area contributed by atoms with E-state index >= 15 is 0 Å². The maximum atomic E-state index is 11.8. The number of aromatic hydroxyl groups is 1. The molecule has 0 bridgehead atoms. The molecule has 9 heteroatoms. The van der Waals surface area contributed by atoms with Crippen molar-refractivity contribution in [2.75, 3.05) is 0 Å². The van der Waals surface area contributed by atoms with Crippen LogP contribution in [0.4, 0.5) is 22.7 Å². The Hall–Kier alpha value is -3.95. The highest BCUT2D eigenvalue weighted by atomic mass is 32.2. The molecule has 0 unspecified atom stereocenters. The Bertz CT molecular complexity index is 1400. The van der Waals surface area contributed by atoms with Crippen LogP contribution in [0.25, 0.3) is 10.8 Å². The van der Waals surface area contributed by atoms with E-state index in [1.54, 1.807) is 30.3 Å². The molecule has 31 heavy (non-hydrogen) atoms. The van der Waals surface area contributed by atoms with Gasteiger partial charge in [0.15, 0.2) is 0 Å². The van der Waals surface area contributed by atoms with Crippen LogP contribution >= 0.6 is 0 Å². The molecule has 154 valence electrons. The molecular weight excluding hydrogens is 416 g/mol. The fourth-order valence-electron chi connectivity index (χ4n) is 2.94. The molecule has 0 atom stereocenters. The van der Waals surface area contributed by atoms with Gasteiger partial charge < -0.3 is 5.11 Å². The van der Waals surface area contributed by atoms with Crippen molar-refractivity contribution >= 4 is 43.6 Å². The summed E-state index contributed by atoms with van der Waals surface area (Å²) in [4.78, 5) is -0.355. The molecule has 2 N–H and O–H groups in total. The first-order chi connectivity index (χ1) is 14.9. The van der Waals surface area contributed by atoms with Gasteiger partial charge in [-0.15, -0.1) is 5.11 Å². The van der Waals surface area contributed by atoms with E-state index in [9.17, 15) is 18.1 Å². The summed E-state index contributed by atoms with van der Waals surface area (Å²) in [5.74, 6) is -0.263. The van der Waals surface area contributed by atoms with Crippen molar-refractivity contribution in [1.29, 1.82) is 0 Å². The molecule has 0 aliphatic heterocycles. The van der Waals surface area contributed by atoms with E-state index in [4.69, 9.17) is 0 Å². The van der Waals surface area contributed by atoms with Gasteiger partial charge in [-0.2, -0.15) is 23.8 Å². The summed E-state index contributed by atoms with van der Waals surface area (Å²) < 4.78 is 33.1. The van der Waals surface area contributed by atoms with E-state index < -0.39 is 10.1 Å². The van der Waals surface area contributed by atoms with Crippen molar-refractivity contribution in [1.82, 2.24) is 0 Å². The third-order valence-electron chi connectivity index (χ3n) is 4.39. The van der Waals surface area contributed by atoms with Crippen molar-refractivity contribution in [3.8, 4) is 5.75 Å². The molecule has 0 fully saturated rings. The molecule has 4 rings (SSSR count). The third-order valence-corrected chi connectivity index (χ3v) is 5.28. The molecule has 8 nitrogen and oxygen atoms in total. The van der Waals surface area contributed by atoms with Gasteiger partial charge in [0.25, 0.3) is 10.1 Å². The molecule has 4 aromatic carbocycles. The Kier molecular flexibility index (Phi) is 5.52. The molecule has 0 amide bonds. The number of rotatable bonds is 5. The summed E-state index contributed by atoms with van der Waals surface area (Å²) in [6, 6.07) is 23.3. The van der Waals surface area contributed by atoms with E-state index in [1.807, 2.05) is 30.3 Å². The topological polar surface area (TPSA) is 124 Å². The second-order valence-corrected chi connectivity index (χ2v) is 7.90. The van der Waals surface area contributed by atoms with Crippen LogP contribution in [0.5, 0.6) is 5.75 Å². The van der Waals surface area contributed by atoms with Gasteiger partial charge in [-0.25, -0.2) is 0 Å². The minimum atomic E-state index is -4.52. The van der Waals surface area contributed by atoms with Crippen LogP contribution in [0.3, 0.4) is 0 Å². The third kappa shape index (κ3) is 4.63. The molecule has 0 spiro atoms. The largest absolute Gasteiger partial charge is 0.506 e. The number of phenols is 1. The second-order valence-electron chi connectivity index (χ2n) is 6.51. The van der Waals surface area contributed by atoms with Gasteiger partial charge in [-0.1, -0.05) is 36.4 Å². The van der Waals surface area contributed by atoms with E-state index in [2.05, 4.69) is 20.5 Å². The molecular formula is C22H16N4O4S. The maximum Gasteiger partial charge on any atom is 0.295 e. The zero-order valence-corrected chi connectivity index (χ0v) is 16.8. The fourth-order valence-corrected chi connectivity index (χ4v) is 3.66. The average molecular weight is 432 g/mol. The van der Waals surface area contributed by atoms with Crippen molar-refractivity contribution in [3.63, 3.8) is 0 Å². The molecule has 0 aromatic heterocycles. The summed E-state index contributed by atoms with van der Waals surface area (Å²) in [6.45, 7) is 0. The first-order valence-corrected chi connectivity index (χ1v) is 10.6. The van der Waals surface area contributed by atoms with Crippen LogP contribution < -0.4 is 0 Å². The Morgan fingerprint density at radius 3 is 1.81 bits per heavy atom. The molecule has 0 aliphatic carbocycles. The van der Waals surface area contributed by atoms with Crippen LogP contribution in [0.15, 0.2) is 110 Å². The van der Waals surface area contributed by atoms with Crippen LogP contribution in [0.1, 0.15) is 0 Å². The van der Waals surface area contributed by atoms with Crippen molar-refractivity contribution in [3.05, 3.63) is 84.9 Å². The lowest BCUT2D eigenvalue weighted by Gasteiger charge is -2.08. The number of nitrogens with zero attached hydrogens (tertiary/aromatic N) is 4. The predicted molar refractivity (Wildman–Crippen MR) is 117 cm³/mol. The van der Waals surface area contributed by atoms with Gasteiger partial charge in [0, 0.05) is 5.39 Å². The number of hydrogen-bond donors (Lipinski definition) is 2. The summed E-state index contributed by atoms with van der Waals surface area (Å²) in [6.07, 6.45) is 0. The molecule has 0 aliphatic rings. The molecule has 0 saturated heterocycles. The summed E-state index contributed by atoms with van der Waals surface area (Å²) in [7, 11) is -4.52. The molecule has 0 saturated carbocycles. The maximum absolute atomic E-state index is 11.8. The molecule has 0 radical (unpaired) electrons. The minimum absolute atomic E-state index is 0.0569. The van der Waals surface area contributed by atoms with Gasteiger partial charge in [0.1, 0.15) is 16.3 Å². The normalized spacial score (nSPS) is 12.2. The average Bonchev–Trinajstić information content (AvgIpc) is 2.77.